The van der Waals surface area contributed by atoms with Gasteiger partial charge in [-0.1, -0.05) is 36.4 Å². The van der Waals surface area contributed by atoms with Crippen molar-refractivity contribution in [3.63, 3.8) is 0 Å². The Bertz CT molecular complexity index is 518. The van der Waals surface area contributed by atoms with Crippen LogP contribution in [0, 0.1) is 0 Å². The van der Waals surface area contributed by atoms with E-state index in [9.17, 15) is 0 Å². The molecule has 0 bridgehead atoms. The molecule has 0 aliphatic rings. The van der Waals surface area contributed by atoms with E-state index in [2.05, 4.69) is 53.5 Å². The predicted octanol–water partition coefficient (Wildman–Crippen LogP) is 2.67. The molecule has 0 fully saturated rings. The van der Waals surface area contributed by atoms with E-state index in [0.29, 0.717) is 0 Å². The standard InChI is InChI=1S/C12H9N.Li.H/c1-3-7-11-9(5-1)10-6-2-4-8-12(10)13-11;;/h1-8,13H;;. The van der Waals surface area contributed by atoms with Gasteiger partial charge in [0.2, 0.25) is 0 Å². The van der Waals surface area contributed by atoms with Gasteiger partial charge in [0.25, 0.3) is 0 Å². The predicted molar refractivity (Wildman–Crippen MR) is 63.0 cm³/mol. The summed E-state index contributed by atoms with van der Waals surface area (Å²) in [6, 6.07) is 16.8. The fourth-order valence-corrected chi connectivity index (χ4v) is 1.80. The number of hydrogen-bond acceptors (Lipinski definition) is 0. The first kappa shape index (κ1) is 9.39. The van der Waals surface area contributed by atoms with Gasteiger partial charge in [0.15, 0.2) is 0 Å². The average molecular weight is 175 g/mol. The molecule has 0 spiro atoms. The second-order valence-corrected chi connectivity index (χ2v) is 3.22. The molecule has 3 aromatic rings. The van der Waals surface area contributed by atoms with Gasteiger partial charge in [-0.15, -0.1) is 0 Å². The summed E-state index contributed by atoms with van der Waals surface area (Å²) in [5.74, 6) is 0. The van der Waals surface area contributed by atoms with Crippen LogP contribution in [0.5, 0.6) is 0 Å². The molecule has 0 saturated carbocycles. The molecule has 2 heteroatoms. The molecule has 0 unspecified atom stereocenters. The van der Waals surface area contributed by atoms with Crippen molar-refractivity contribution in [1.82, 2.24) is 4.98 Å². The van der Waals surface area contributed by atoms with Crippen molar-refractivity contribution in [3.8, 4) is 0 Å². The van der Waals surface area contributed by atoms with Gasteiger partial charge in [0, 0.05) is 21.8 Å². The van der Waals surface area contributed by atoms with Crippen molar-refractivity contribution >= 4 is 40.7 Å². The molecule has 1 N–H and O–H groups in total. The summed E-state index contributed by atoms with van der Waals surface area (Å²) in [4.78, 5) is 3.38. The minimum absolute atomic E-state index is 0. The van der Waals surface area contributed by atoms with Gasteiger partial charge in [-0.05, 0) is 12.1 Å². The Balaban J connectivity index is 0.000000750. The van der Waals surface area contributed by atoms with Gasteiger partial charge in [0.05, 0.1) is 0 Å². The number of rotatable bonds is 0. The summed E-state index contributed by atoms with van der Waals surface area (Å²) >= 11 is 0. The number of H-pyrrole nitrogens is 1. The number of nitrogens with one attached hydrogen (secondary N) is 1. The molecule has 0 amide bonds. The molecule has 64 valence electrons. The van der Waals surface area contributed by atoms with Gasteiger partial charge in [0.1, 0.15) is 0 Å². The Morgan fingerprint density at radius 3 is 1.57 bits per heavy atom. The zero-order valence-corrected chi connectivity index (χ0v) is 7.12. The molecule has 1 heterocycles. The van der Waals surface area contributed by atoms with Gasteiger partial charge in [-0.3, -0.25) is 0 Å². The first-order valence-electron chi connectivity index (χ1n) is 4.40. The largest absolute Gasteiger partial charge is 0.355 e. The number of aromatic nitrogens is 1. The quantitative estimate of drug-likeness (QED) is 0.505. The maximum atomic E-state index is 3.38. The van der Waals surface area contributed by atoms with E-state index >= 15 is 0 Å². The first-order chi connectivity index (χ1) is 6.45. The number of aromatic amines is 1. The van der Waals surface area contributed by atoms with Crippen LogP contribution in [-0.4, -0.2) is 23.8 Å². The van der Waals surface area contributed by atoms with Gasteiger partial charge < -0.3 is 4.98 Å². The van der Waals surface area contributed by atoms with Crippen molar-refractivity contribution in [1.29, 1.82) is 0 Å². The molecule has 14 heavy (non-hydrogen) atoms. The topological polar surface area (TPSA) is 15.8 Å². The molecule has 1 aromatic heterocycles. The van der Waals surface area contributed by atoms with Gasteiger partial charge in [-0.25, -0.2) is 0 Å². The van der Waals surface area contributed by atoms with E-state index in [1.165, 1.54) is 21.8 Å². The SMILES string of the molecule is [LiH].c1ccc2c(c1)[nH]c1ccccc12. The fourth-order valence-electron chi connectivity index (χ4n) is 1.80. The zero-order valence-electron chi connectivity index (χ0n) is 7.12. The summed E-state index contributed by atoms with van der Waals surface area (Å²) in [7, 11) is 0. The van der Waals surface area contributed by atoms with Crippen LogP contribution in [-0.2, 0) is 0 Å². The maximum Gasteiger partial charge on any atom is 0.0464 e. The van der Waals surface area contributed by atoms with Crippen LogP contribution in [0.25, 0.3) is 21.8 Å². The van der Waals surface area contributed by atoms with Gasteiger partial charge in [-0.2, -0.15) is 0 Å². The van der Waals surface area contributed by atoms with E-state index in [0.717, 1.165) is 0 Å². The van der Waals surface area contributed by atoms with E-state index in [1.807, 2.05) is 0 Å². The number of benzene rings is 2. The number of hydrogen-bond donors (Lipinski definition) is 1. The molecule has 0 atom stereocenters. The minimum Gasteiger partial charge on any atom is -0.355 e. The summed E-state index contributed by atoms with van der Waals surface area (Å²) < 4.78 is 0. The summed E-state index contributed by atoms with van der Waals surface area (Å²) in [5.41, 5.74) is 2.42. The molecular formula is C12H10LiN. The molecule has 3 rings (SSSR count). The van der Waals surface area contributed by atoms with Crippen molar-refractivity contribution < 1.29 is 0 Å². The number of para-hydroxylation sites is 2. The number of fused-ring (bicyclic) bond motifs is 3. The average Bonchev–Trinajstić information content (AvgIpc) is 2.56. The second-order valence-electron chi connectivity index (χ2n) is 3.22. The zero-order chi connectivity index (χ0) is 8.67. The third kappa shape index (κ3) is 1.26. The van der Waals surface area contributed by atoms with E-state index in [4.69, 9.17) is 0 Å². The molecule has 2 aromatic carbocycles. The maximum absolute atomic E-state index is 3.38. The minimum atomic E-state index is 0. The van der Waals surface area contributed by atoms with Crippen molar-refractivity contribution in [2.24, 2.45) is 0 Å². The van der Waals surface area contributed by atoms with E-state index < -0.39 is 0 Å². The smallest absolute Gasteiger partial charge is 0.0464 e. The Kier molecular flexibility index (Phi) is 2.37. The van der Waals surface area contributed by atoms with Crippen LogP contribution in [0.15, 0.2) is 48.5 Å². The van der Waals surface area contributed by atoms with E-state index in [-0.39, 0.29) is 18.9 Å². The molecule has 1 nitrogen and oxygen atoms in total. The van der Waals surface area contributed by atoms with Crippen LogP contribution >= 0.6 is 0 Å². The first-order valence-corrected chi connectivity index (χ1v) is 4.40. The monoisotopic (exact) mass is 175 g/mol. The third-order valence-corrected chi connectivity index (χ3v) is 2.41. The summed E-state index contributed by atoms with van der Waals surface area (Å²) in [5, 5.41) is 2.61. The third-order valence-electron chi connectivity index (χ3n) is 2.41. The van der Waals surface area contributed by atoms with Crippen molar-refractivity contribution in [2.75, 3.05) is 0 Å². The van der Waals surface area contributed by atoms with Crippen LogP contribution in [0.4, 0.5) is 0 Å². The van der Waals surface area contributed by atoms with E-state index in [1.54, 1.807) is 0 Å². The van der Waals surface area contributed by atoms with Crippen molar-refractivity contribution in [3.05, 3.63) is 48.5 Å². The normalized spacial score (nSPS) is 10.3. The Hall–Kier alpha value is -1.16. The van der Waals surface area contributed by atoms with Crippen LogP contribution in [0.1, 0.15) is 0 Å². The Labute approximate surface area is 94.3 Å². The summed E-state index contributed by atoms with van der Waals surface area (Å²) in [6.07, 6.45) is 0. The van der Waals surface area contributed by atoms with Gasteiger partial charge >= 0.3 is 18.9 Å². The van der Waals surface area contributed by atoms with Crippen LogP contribution < -0.4 is 0 Å². The molecule has 0 saturated heterocycles. The molecular weight excluding hydrogens is 165 g/mol. The fraction of sp³-hybridized carbons (Fsp3) is 0. The second kappa shape index (κ2) is 3.53. The summed E-state index contributed by atoms with van der Waals surface area (Å²) in [6.45, 7) is 0. The van der Waals surface area contributed by atoms with Crippen molar-refractivity contribution in [2.45, 2.75) is 0 Å². The molecule has 0 radical (unpaired) electrons. The van der Waals surface area contributed by atoms with Crippen LogP contribution in [0.2, 0.25) is 0 Å². The Morgan fingerprint density at radius 2 is 1.07 bits per heavy atom. The van der Waals surface area contributed by atoms with Crippen LogP contribution in [0.3, 0.4) is 0 Å². The molecule has 0 aliphatic carbocycles. The Morgan fingerprint density at radius 1 is 0.643 bits per heavy atom. The molecule has 0 aliphatic heterocycles.